The molecule has 1 amide bonds. The van der Waals surface area contributed by atoms with Gasteiger partial charge in [0.2, 0.25) is 5.13 Å². The van der Waals surface area contributed by atoms with Crippen molar-refractivity contribution >= 4 is 40.1 Å². The Bertz CT molecular complexity index is 720. The van der Waals surface area contributed by atoms with Crippen molar-refractivity contribution in [3.8, 4) is 5.75 Å². The lowest BCUT2D eigenvalue weighted by molar-refractivity contribution is -0.137. The molecular weight excluding hydrogens is 350 g/mol. The lowest BCUT2D eigenvalue weighted by Gasteiger charge is -2.13. The van der Waals surface area contributed by atoms with E-state index in [9.17, 15) is 9.59 Å². The fourth-order valence-electron chi connectivity index (χ4n) is 1.65. The molecule has 0 saturated carbocycles. The first-order valence-electron chi connectivity index (χ1n) is 7.05. The largest absolute Gasteiger partial charge is 0.481 e. The molecular formula is C15H17N3O4S2. The number of methoxy groups -OCH3 is 1. The molecule has 0 fully saturated rings. The lowest BCUT2D eigenvalue weighted by atomic mass is 10.2. The minimum Gasteiger partial charge on any atom is -0.481 e. The number of nitrogens with zero attached hydrogens (tertiary/aromatic N) is 2. The standard InChI is InChI=1S/C15H17N3O4S2/c1-9-5-4-6-11(7-9)22-10(2)13(20)16-14-17-18-15(24-14)23-8-12(19)21-3/h4-7,10H,8H2,1-3H3,(H,16,17,20)/t10-/m1/s1. The van der Waals surface area contributed by atoms with Gasteiger partial charge in [-0.1, -0.05) is 35.2 Å². The molecule has 1 aromatic heterocycles. The molecule has 0 radical (unpaired) electrons. The summed E-state index contributed by atoms with van der Waals surface area (Å²) in [4.78, 5) is 23.2. The van der Waals surface area contributed by atoms with E-state index in [1.165, 1.54) is 30.2 Å². The van der Waals surface area contributed by atoms with Crippen molar-refractivity contribution in [1.29, 1.82) is 0 Å². The fourth-order valence-corrected chi connectivity index (χ4v) is 3.24. The van der Waals surface area contributed by atoms with Gasteiger partial charge in [-0.25, -0.2) is 0 Å². The van der Waals surface area contributed by atoms with Crippen LogP contribution in [0.3, 0.4) is 0 Å². The number of carbonyl (C=O) groups excluding carboxylic acids is 2. The van der Waals surface area contributed by atoms with E-state index >= 15 is 0 Å². The highest BCUT2D eigenvalue weighted by molar-refractivity contribution is 8.01. The van der Waals surface area contributed by atoms with Crippen LogP contribution >= 0.6 is 23.1 Å². The molecule has 0 saturated heterocycles. The number of rotatable bonds is 7. The van der Waals surface area contributed by atoms with Gasteiger partial charge in [0.1, 0.15) is 5.75 Å². The van der Waals surface area contributed by atoms with E-state index in [2.05, 4.69) is 20.3 Å². The Labute approximate surface area is 147 Å². The van der Waals surface area contributed by atoms with Crippen molar-refractivity contribution in [3.05, 3.63) is 29.8 Å². The number of hydrogen-bond donors (Lipinski definition) is 1. The van der Waals surface area contributed by atoms with Gasteiger partial charge in [-0.2, -0.15) is 0 Å². The summed E-state index contributed by atoms with van der Waals surface area (Å²) in [6, 6.07) is 7.47. The first-order valence-corrected chi connectivity index (χ1v) is 8.85. The first kappa shape index (κ1) is 18.2. The molecule has 1 atom stereocenters. The summed E-state index contributed by atoms with van der Waals surface area (Å²) < 4.78 is 10.7. The molecule has 1 aromatic carbocycles. The highest BCUT2D eigenvalue weighted by Gasteiger charge is 2.17. The highest BCUT2D eigenvalue weighted by atomic mass is 32.2. The van der Waals surface area contributed by atoms with Crippen LogP contribution in [0.15, 0.2) is 28.6 Å². The van der Waals surface area contributed by atoms with Crippen molar-refractivity contribution in [1.82, 2.24) is 10.2 Å². The van der Waals surface area contributed by atoms with E-state index < -0.39 is 6.10 Å². The third-order valence-electron chi connectivity index (χ3n) is 2.85. The minimum atomic E-state index is -0.679. The minimum absolute atomic E-state index is 0.145. The summed E-state index contributed by atoms with van der Waals surface area (Å²) in [5.74, 6) is 0.105. The maximum atomic E-state index is 12.1. The number of anilines is 1. The molecule has 0 bridgehead atoms. The number of nitrogens with one attached hydrogen (secondary N) is 1. The van der Waals surface area contributed by atoms with Gasteiger partial charge in [-0.15, -0.1) is 10.2 Å². The predicted octanol–water partition coefficient (Wildman–Crippen LogP) is 2.52. The molecule has 2 aromatic rings. The lowest BCUT2D eigenvalue weighted by Crippen LogP contribution is -2.30. The normalized spacial score (nSPS) is 11.6. The number of aromatic nitrogens is 2. The molecule has 0 spiro atoms. The van der Waals surface area contributed by atoms with Crippen molar-refractivity contribution < 1.29 is 19.1 Å². The van der Waals surface area contributed by atoms with Gasteiger partial charge in [0.25, 0.3) is 5.91 Å². The molecule has 128 valence electrons. The fraction of sp³-hybridized carbons (Fsp3) is 0.333. The van der Waals surface area contributed by atoms with Crippen molar-refractivity contribution in [2.45, 2.75) is 24.3 Å². The number of esters is 1. The smallest absolute Gasteiger partial charge is 0.316 e. The zero-order chi connectivity index (χ0) is 17.5. The van der Waals surface area contributed by atoms with Gasteiger partial charge in [-0.05, 0) is 31.5 Å². The summed E-state index contributed by atoms with van der Waals surface area (Å²) in [5.41, 5.74) is 1.05. The third kappa shape index (κ3) is 5.50. The van der Waals surface area contributed by atoms with Gasteiger partial charge in [0.05, 0.1) is 12.9 Å². The molecule has 1 N–H and O–H groups in total. The molecule has 0 unspecified atom stereocenters. The number of aryl methyl sites for hydroxylation is 1. The SMILES string of the molecule is COC(=O)CSc1nnc(NC(=O)[C@@H](C)Oc2cccc(C)c2)s1. The average Bonchev–Trinajstić information content (AvgIpc) is 3.00. The Kier molecular flexibility index (Phi) is 6.56. The maximum Gasteiger partial charge on any atom is 0.316 e. The van der Waals surface area contributed by atoms with Crippen LogP contribution in [0.4, 0.5) is 5.13 Å². The molecule has 24 heavy (non-hydrogen) atoms. The Morgan fingerprint density at radius 1 is 1.38 bits per heavy atom. The Balaban J connectivity index is 1.87. The summed E-state index contributed by atoms with van der Waals surface area (Å²) >= 11 is 2.39. The van der Waals surface area contributed by atoms with Crippen LogP contribution in [0.5, 0.6) is 5.75 Å². The van der Waals surface area contributed by atoms with Crippen LogP contribution in [0, 0.1) is 6.92 Å². The predicted molar refractivity (Wildman–Crippen MR) is 92.5 cm³/mol. The molecule has 9 heteroatoms. The molecule has 0 aliphatic carbocycles. The van der Waals surface area contributed by atoms with Crippen molar-refractivity contribution in [3.63, 3.8) is 0 Å². The number of thioether (sulfide) groups is 1. The summed E-state index contributed by atoms with van der Waals surface area (Å²) in [6.07, 6.45) is -0.679. The molecule has 2 rings (SSSR count). The topological polar surface area (TPSA) is 90.4 Å². The number of amides is 1. The van der Waals surface area contributed by atoms with Crippen LogP contribution in [-0.2, 0) is 14.3 Å². The summed E-state index contributed by atoms with van der Waals surface area (Å²) in [5, 5.41) is 10.8. The zero-order valence-electron chi connectivity index (χ0n) is 13.4. The summed E-state index contributed by atoms with van der Waals surface area (Å²) in [6.45, 7) is 3.61. The second-order valence-electron chi connectivity index (χ2n) is 4.80. The summed E-state index contributed by atoms with van der Waals surface area (Å²) in [7, 11) is 1.32. The Morgan fingerprint density at radius 3 is 2.88 bits per heavy atom. The van der Waals surface area contributed by atoms with Gasteiger partial charge >= 0.3 is 5.97 Å². The molecule has 0 aliphatic heterocycles. The van der Waals surface area contributed by atoms with Crippen LogP contribution in [0.1, 0.15) is 12.5 Å². The molecule has 0 aliphatic rings. The van der Waals surface area contributed by atoms with Crippen LogP contribution in [0.2, 0.25) is 0 Å². The van der Waals surface area contributed by atoms with E-state index in [1.54, 1.807) is 13.0 Å². The second kappa shape index (κ2) is 8.65. The second-order valence-corrected chi connectivity index (χ2v) is 7.00. The average molecular weight is 367 g/mol. The third-order valence-corrected chi connectivity index (χ3v) is 4.79. The van der Waals surface area contributed by atoms with Crippen LogP contribution < -0.4 is 10.1 Å². The number of hydrogen-bond acceptors (Lipinski definition) is 8. The van der Waals surface area contributed by atoms with E-state index in [-0.39, 0.29) is 17.6 Å². The first-order chi connectivity index (χ1) is 11.5. The Morgan fingerprint density at radius 2 is 2.17 bits per heavy atom. The Hall–Kier alpha value is -2.13. The molecule has 7 nitrogen and oxygen atoms in total. The molecule has 1 heterocycles. The van der Waals surface area contributed by atoms with Gasteiger partial charge in [0.15, 0.2) is 10.4 Å². The van der Waals surface area contributed by atoms with Gasteiger partial charge in [-0.3, -0.25) is 14.9 Å². The number of carbonyl (C=O) groups is 2. The van der Waals surface area contributed by atoms with E-state index in [0.717, 1.165) is 5.56 Å². The highest BCUT2D eigenvalue weighted by Crippen LogP contribution is 2.25. The van der Waals surface area contributed by atoms with E-state index in [0.29, 0.717) is 15.2 Å². The van der Waals surface area contributed by atoms with E-state index in [1.807, 2.05) is 25.1 Å². The van der Waals surface area contributed by atoms with Gasteiger partial charge < -0.3 is 9.47 Å². The van der Waals surface area contributed by atoms with Gasteiger partial charge in [0, 0.05) is 0 Å². The van der Waals surface area contributed by atoms with Crippen LogP contribution in [0.25, 0.3) is 0 Å². The van der Waals surface area contributed by atoms with Crippen LogP contribution in [-0.4, -0.2) is 41.0 Å². The number of ether oxygens (including phenoxy) is 2. The quantitative estimate of drug-likeness (QED) is 0.457. The van der Waals surface area contributed by atoms with Crippen molar-refractivity contribution in [2.24, 2.45) is 0 Å². The van der Waals surface area contributed by atoms with E-state index in [4.69, 9.17) is 4.74 Å². The monoisotopic (exact) mass is 367 g/mol. The van der Waals surface area contributed by atoms with Crippen molar-refractivity contribution in [2.75, 3.05) is 18.2 Å². The number of benzene rings is 1. The zero-order valence-corrected chi connectivity index (χ0v) is 15.1. The maximum absolute atomic E-state index is 12.1.